The third kappa shape index (κ3) is 3.64. The van der Waals surface area contributed by atoms with Crippen LogP contribution in [0.5, 0.6) is 0 Å². The zero-order chi connectivity index (χ0) is 23.8. The molecule has 0 radical (unpaired) electrons. The van der Waals surface area contributed by atoms with Gasteiger partial charge in [-0.15, -0.1) is 0 Å². The SMILES string of the molecule is NC(=O)C(c1ncncn1)[N+]12CCC(CC1)[C@@H](OC(=O)C(O)(c1ccccc1)c1ccoc1)C2. The molecule has 2 aromatic heterocycles. The molecular weight excluding hydrogens is 438 g/mol. The summed E-state index contributed by atoms with van der Waals surface area (Å²) in [6.07, 6.45) is 6.43. The van der Waals surface area contributed by atoms with Gasteiger partial charge in [-0.25, -0.2) is 19.7 Å². The lowest BCUT2D eigenvalue weighted by molar-refractivity contribution is -0.965. The minimum Gasteiger partial charge on any atom is -0.472 e. The fraction of sp³-hybridized carbons (Fsp3) is 0.375. The lowest BCUT2D eigenvalue weighted by Crippen LogP contribution is -2.67. The van der Waals surface area contributed by atoms with E-state index in [1.54, 1.807) is 36.4 Å². The summed E-state index contributed by atoms with van der Waals surface area (Å²) in [5, 5.41) is 11.6. The minimum absolute atomic E-state index is 0.125. The maximum Gasteiger partial charge on any atom is 0.348 e. The number of furan rings is 1. The van der Waals surface area contributed by atoms with Crippen LogP contribution in [-0.4, -0.2) is 62.2 Å². The number of amides is 1. The number of aliphatic hydroxyl groups is 1. The van der Waals surface area contributed by atoms with Gasteiger partial charge in [-0.2, -0.15) is 0 Å². The van der Waals surface area contributed by atoms with Crippen LogP contribution in [0.15, 0.2) is 66.0 Å². The van der Waals surface area contributed by atoms with Crippen molar-refractivity contribution in [1.82, 2.24) is 15.0 Å². The van der Waals surface area contributed by atoms with Crippen molar-refractivity contribution in [2.24, 2.45) is 11.7 Å². The average Bonchev–Trinajstić information content (AvgIpc) is 3.41. The Labute approximate surface area is 196 Å². The van der Waals surface area contributed by atoms with Crippen LogP contribution in [0.1, 0.15) is 35.8 Å². The van der Waals surface area contributed by atoms with Crippen molar-refractivity contribution < 1.29 is 28.3 Å². The summed E-state index contributed by atoms with van der Waals surface area (Å²) in [5.74, 6) is -0.879. The Hall–Kier alpha value is -3.63. The molecule has 1 aromatic carbocycles. The number of esters is 1. The second-order valence-corrected chi connectivity index (χ2v) is 9.02. The summed E-state index contributed by atoms with van der Waals surface area (Å²) >= 11 is 0. The number of quaternary nitrogens is 1. The molecule has 10 nitrogen and oxygen atoms in total. The van der Waals surface area contributed by atoms with Crippen molar-refractivity contribution in [2.75, 3.05) is 19.6 Å². The van der Waals surface area contributed by atoms with E-state index in [0.29, 0.717) is 35.5 Å². The van der Waals surface area contributed by atoms with Gasteiger partial charge in [-0.3, -0.25) is 4.79 Å². The Bertz CT molecular complexity index is 1150. The lowest BCUT2D eigenvalue weighted by atomic mass is 9.81. The Balaban J connectivity index is 1.45. The van der Waals surface area contributed by atoms with Crippen molar-refractivity contribution >= 4 is 11.9 Å². The van der Waals surface area contributed by atoms with Gasteiger partial charge in [0.15, 0.2) is 11.9 Å². The first-order valence-electron chi connectivity index (χ1n) is 11.2. The molecule has 3 aliphatic rings. The number of carbonyl (C=O) groups is 2. The molecular formula is C24H26N5O5+. The number of rotatable bonds is 7. The third-order valence-electron chi connectivity index (χ3n) is 7.22. The summed E-state index contributed by atoms with van der Waals surface area (Å²) < 4.78 is 11.5. The van der Waals surface area contributed by atoms with Crippen molar-refractivity contribution in [3.63, 3.8) is 0 Å². The van der Waals surface area contributed by atoms with Gasteiger partial charge in [0.25, 0.3) is 5.91 Å². The second-order valence-electron chi connectivity index (χ2n) is 9.02. The van der Waals surface area contributed by atoms with E-state index in [0.717, 1.165) is 12.8 Å². The molecule has 2 bridgehead atoms. The third-order valence-corrected chi connectivity index (χ3v) is 7.22. The van der Waals surface area contributed by atoms with Gasteiger partial charge < -0.3 is 24.5 Å². The summed E-state index contributed by atoms with van der Waals surface area (Å²) in [4.78, 5) is 38.3. The number of aromatic nitrogens is 3. The first kappa shape index (κ1) is 22.2. The Morgan fingerprint density at radius 1 is 1.12 bits per heavy atom. The predicted molar refractivity (Wildman–Crippen MR) is 117 cm³/mol. The monoisotopic (exact) mass is 464 g/mol. The van der Waals surface area contributed by atoms with E-state index in [1.807, 2.05) is 0 Å². The highest BCUT2D eigenvalue weighted by molar-refractivity contribution is 5.85. The predicted octanol–water partition coefficient (Wildman–Crippen LogP) is 1.08. The van der Waals surface area contributed by atoms with E-state index >= 15 is 0 Å². The molecule has 2 unspecified atom stereocenters. The van der Waals surface area contributed by atoms with Gasteiger partial charge in [0.05, 0.1) is 25.6 Å². The summed E-state index contributed by atoms with van der Waals surface area (Å²) in [7, 11) is 0. The number of hydrogen-bond acceptors (Lipinski definition) is 8. The molecule has 10 heteroatoms. The number of nitrogens with zero attached hydrogens (tertiary/aromatic N) is 4. The van der Waals surface area contributed by atoms with Crippen LogP contribution in [-0.2, 0) is 19.9 Å². The molecule has 6 rings (SSSR count). The smallest absolute Gasteiger partial charge is 0.348 e. The van der Waals surface area contributed by atoms with Crippen LogP contribution in [0.4, 0.5) is 0 Å². The molecule has 0 aliphatic carbocycles. The van der Waals surface area contributed by atoms with E-state index in [2.05, 4.69) is 15.0 Å². The van der Waals surface area contributed by atoms with Gasteiger partial charge >= 0.3 is 5.97 Å². The minimum atomic E-state index is -2.03. The van der Waals surface area contributed by atoms with Crippen LogP contribution in [0, 0.1) is 5.92 Å². The van der Waals surface area contributed by atoms with Crippen molar-refractivity contribution in [3.05, 3.63) is 78.5 Å². The average molecular weight is 465 g/mol. The molecule has 3 atom stereocenters. The van der Waals surface area contributed by atoms with Crippen LogP contribution < -0.4 is 5.73 Å². The van der Waals surface area contributed by atoms with Crippen LogP contribution in [0.25, 0.3) is 0 Å². The molecule has 0 saturated carbocycles. The van der Waals surface area contributed by atoms with Crippen LogP contribution in [0.2, 0.25) is 0 Å². The Morgan fingerprint density at radius 2 is 1.82 bits per heavy atom. The number of primary amides is 1. The number of piperidine rings is 3. The molecule has 1 amide bonds. The molecule has 176 valence electrons. The van der Waals surface area contributed by atoms with E-state index in [1.165, 1.54) is 25.2 Å². The number of nitrogens with two attached hydrogens (primary N) is 1. The van der Waals surface area contributed by atoms with Crippen molar-refractivity contribution in [3.8, 4) is 0 Å². The van der Waals surface area contributed by atoms with Gasteiger partial charge in [0.1, 0.15) is 19.2 Å². The number of carbonyl (C=O) groups excluding carboxylic acids is 2. The number of fused-ring (bicyclic) bond motifs is 3. The molecule has 3 aromatic rings. The molecule has 0 spiro atoms. The number of hydrogen-bond donors (Lipinski definition) is 2. The van der Waals surface area contributed by atoms with Crippen LogP contribution >= 0.6 is 0 Å². The van der Waals surface area contributed by atoms with Gasteiger partial charge in [0, 0.05) is 24.3 Å². The zero-order valence-corrected chi connectivity index (χ0v) is 18.5. The Kier molecular flexibility index (Phi) is 5.62. The first-order chi connectivity index (χ1) is 16.4. The molecule has 3 saturated heterocycles. The fourth-order valence-corrected chi connectivity index (χ4v) is 5.47. The fourth-order valence-electron chi connectivity index (χ4n) is 5.47. The van der Waals surface area contributed by atoms with E-state index in [-0.39, 0.29) is 11.5 Å². The second kappa shape index (κ2) is 8.62. The van der Waals surface area contributed by atoms with Crippen LogP contribution in [0.3, 0.4) is 0 Å². The summed E-state index contributed by atoms with van der Waals surface area (Å²) in [5.41, 5.74) is 4.46. The topological polar surface area (TPSA) is 141 Å². The van der Waals surface area contributed by atoms with Gasteiger partial charge in [-0.1, -0.05) is 30.3 Å². The molecule has 3 fully saturated rings. The molecule has 3 N–H and O–H groups in total. The van der Waals surface area contributed by atoms with Crippen molar-refractivity contribution in [1.29, 1.82) is 0 Å². The summed E-state index contributed by atoms with van der Waals surface area (Å²) in [6, 6.07) is 9.40. The normalized spacial score (nSPS) is 26.4. The Morgan fingerprint density at radius 3 is 2.44 bits per heavy atom. The molecule has 5 heterocycles. The van der Waals surface area contributed by atoms with E-state index in [4.69, 9.17) is 14.9 Å². The highest BCUT2D eigenvalue weighted by Crippen LogP contribution is 2.43. The quantitative estimate of drug-likeness (QED) is 0.391. The van der Waals surface area contributed by atoms with E-state index in [9.17, 15) is 14.7 Å². The highest BCUT2D eigenvalue weighted by atomic mass is 16.6. The first-order valence-corrected chi connectivity index (χ1v) is 11.2. The molecule has 3 aliphatic heterocycles. The highest BCUT2D eigenvalue weighted by Gasteiger charge is 2.56. The lowest BCUT2D eigenvalue weighted by Gasteiger charge is -2.54. The summed E-state index contributed by atoms with van der Waals surface area (Å²) in [6.45, 7) is 1.78. The van der Waals surface area contributed by atoms with Gasteiger partial charge in [-0.05, 0) is 11.6 Å². The maximum atomic E-state index is 13.5. The zero-order valence-electron chi connectivity index (χ0n) is 18.5. The largest absolute Gasteiger partial charge is 0.472 e. The standard InChI is InChI=1S/C24H25N5O5/c25-21(30)20(22-27-14-26-15-28-22)29-9-6-16(7-10-29)19(12-29)34-23(31)24(32,18-8-11-33-13-18)17-4-2-1-3-5-17/h1-5,8,11,13-16,19-20,32H,6-7,9-10,12H2,(H-,25,30)/p+1/t16?,19-,20?,24?,29?/m0/s1. The van der Waals surface area contributed by atoms with E-state index < -0.39 is 29.6 Å². The number of benzene rings is 1. The maximum absolute atomic E-state index is 13.5. The molecule has 34 heavy (non-hydrogen) atoms. The van der Waals surface area contributed by atoms with Gasteiger partial charge in [0.2, 0.25) is 11.6 Å². The number of ether oxygens (including phenoxy) is 1. The van der Waals surface area contributed by atoms with Crippen molar-refractivity contribution in [2.45, 2.75) is 30.6 Å².